The first-order chi connectivity index (χ1) is 9.16. The number of carboxylic acid groups (broad SMARTS) is 1. The third-order valence-corrected chi connectivity index (χ3v) is 3.74. The van der Waals surface area contributed by atoms with Gasteiger partial charge in [0.25, 0.3) is 5.91 Å². The molecule has 0 spiro atoms. The third kappa shape index (κ3) is 2.05. The van der Waals surface area contributed by atoms with Crippen LogP contribution in [0.15, 0.2) is 18.2 Å². The number of carbonyl (C=O) groups excluding carboxylic acids is 1. The molecule has 1 atom stereocenters. The summed E-state index contributed by atoms with van der Waals surface area (Å²) in [4.78, 5) is 25.0. The molecule has 100 valence electrons. The van der Waals surface area contributed by atoms with E-state index in [-0.39, 0.29) is 5.91 Å². The second kappa shape index (κ2) is 4.57. The fourth-order valence-electron chi connectivity index (χ4n) is 2.75. The number of likely N-dealkylation sites (tertiary alicyclic amines) is 1. The van der Waals surface area contributed by atoms with Crippen molar-refractivity contribution in [3.63, 3.8) is 0 Å². The van der Waals surface area contributed by atoms with Crippen molar-refractivity contribution in [3.8, 4) is 5.75 Å². The zero-order valence-electron chi connectivity index (χ0n) is 10.5. The van der Waals surface area contributed by atoms with Gasteiger partial charge in [0.15, 0.2) is 0 Å². The van der Waals surface area contributed by atoms with E-state index in [0.29, 0.717) is 25.1 Å². The van der Waals surface area contributed by atoms with Crippen molar-refractivity contribution in [1.29, 1.82) is 0 Å². The minimum absolute atomic E-state index is 0.195. The maximum Gasteiger partial charge on any atom is 0.326 e. The highest BCUT2D eigenvalue weighted by Crippen LogP contribution is 2.27. The number of carbonyl (C=O) groups is 2. The fourth-order valence-corrected chi connectivity index (χ4v) is 2.75. The van der Waals surface area contributed by atoms with E-state index in [1.165, 1.54) is 4.90 Å². The highest BCUT2D eigenvalue weighted by atomic mass is 16.5. The van der Waals surface area contributed by atoms with Crippen LogP contribution in [-0.4, -0.2) is 41.1 Å². The Morgan fingerprint density at radius 1 is 1.37 bits per heavy atom. The minimum Gasteiger partial charge on any atom is -0.493 e. The van der Waals surface area contributed by atoms with Crippen LogP contribution in [0.2, 0.25) is 0 Å². The quantitative estimate of drug-likeness (QED) is 0.871. The average Bonchev–Trinajstić information content (AvgIpc) is 3.05. The first kappa shape index (κ1) is 12.0. The number of fused-ring (bicyclic) bond motifs is 1. The summed E-state index contributed by atoms with van der Waals surface area (Å²) in [5.41, 5.74) is 1.58. The van der Waals surface area contributed by atoms with E-state index >= 15 is 0 Å². The van der Waals surface area contributed by atoms with Crippen LogP contribution in [0.3, 0.4) is 0 Å². The van der Waals surface area contributed by atoms with Crippen LogP contribution in [-0.2, 0) is 11.2 Å². The average molecular weight is 261 g/mol. The van der Waals surface area contributed by atoms with E-state index in [0.717, 1.165) is 24.2 Å². The number of hydrogen-bond donors (Lipinski definition) is 1. The van der Waals surface area contributed by atoms with Gasteiger partial charge in [0.1, 0.15) is 11.8 Å². The molecule has 0 radical (unpaired) electrons. The summed E-state index contributed by atoms with van der Waals surface area (Å²) in [6.07, 6.45) is 2.09. The van der Waals surface area contributed by atoms with Crippen LogP contribution < -0.4 is 4.74 Å². The van der Waals surface area contributed by atoms with Crippen molar-refractivity contribution >= 4 is 11.9 Å². The van der Waals surface area contributed by atoms with Gasteiger partial charge in [-0.15, -0.1) is 0 Å². The van der Waals surface area contributed by atoms with Gasteiger partial charge in [-0.2, -0.15) is 0 Å². The van der Waals surface area contributed by atoms with Gasteiger partial charge >= 0.3 is 5.97 Å². The molecule has 0 saturated carbocycles. The number of hydrogen-bond acceptors (Lipinski definition) is 3. The number of benzene rings is 1. The number of rotatable bonds is 2. The molecule has 0 aliphatic carbocycles. The van der Waals surface area contributed by atoms with Gasteiger partial charge in [-0.05, 0) is 36.6 Å². The number of nitrogens with zero attached hydrogens (tertiary/aromatic N) is 1. The second-order valence-electron chi connectivity index (χ2n) is 4.92. The second-order valence-corrected chi connectivity index (χ2v) is 4.92. The normalized spacial score (nSPS) is 21.1. The van der Waals surface area contributed by atoms with Crippen LogP contribution in [0, 0.1) is 0 Å². The summed E-state index contributed by atoms with van der Waals surface area (Å²) in [7, 11) is 0. The number of carboxylic acids is 1. The van der Waals surface area contributed by atoms with Crippen molar-refractivity contribution in [3.05, 3.63) is 29.3 Å². The van der Waals surface area contributed by atoms with E-state index in [1.54, 1.807) is 12.1 Å². The highest BCUT2D eigenvalue weighted by molar-refractivity contribution is 5.97. The summed E-state index contributed by atoms with van der Waals surface area (Å²) < 4.78 is 5.40. The molecule has 2 heterocycles. The lowest BCUT2D eigenvalue weighted by Gasteiger charge is -2.21. The van der Waals surface area contributed by atoms with Crippen molar-refractivity contribution in [2.24, 2.45) is 0 Å². The lowest BCUT2D eigenvalue weighted by Crippen LogP contribution is -2.40. The molecular weight excluding hydrogens is 246 g/mol. The van der Waals surface area contributed by atoms with Crippen LogP contribution >= 0.6 is 0 Å². The Hall–Kier alpha value is -2.04. The van der Waals surface area contributed by atoms with Gasteiger partial charge in [-0.25, -0.2) is 4.79 Å². The largest absolute Gasteiger partial charge is 0.493 e. The summed E-state index contributed by atoms with van der Waals surface area (Å²) >= 11 is 0. The van der Waals surface area contributed by atoms with Gasteiger partial charge in [0, 0.05) is 18.5 Å². The molecule has 1 aromatic carbocycles. The van der Waals surface area contributed by atoms with Gasteiger partial charge in [-0.1, -0.05) is 0 Å². The Labute approximate surface area is 110 Å². The van der Waals surface area contributed by atoms with Gasteiger partial charge < -0.3 is 14.7 Å². The molecule has 19 heavy (non-hydrogen) atoms. The first-order valence-corrected chi connectivity index (χ1v) is 6.46. The maximum absolute atomic E-state index is 12.4. The summed E-state index contributed by atoms with van der Waals surface area (Å²) in [5, 5.41) is 9.12. The molecule has 1 unspecified atom stereocenters. The predicted octanol–water partition coefficient (Wildman–Crippen LogP) is 1.31. The van der Waals surface area contributed by atoms with E-state index in [2.05, 4.69) is 0 Å². The van der Waals surface area contributed by atoms with E-state index in [1.807, 2.05) is 6.07 Å². The van der Waals surface area contributed by atoms with Crippen molar-refractivity contribution in [2.45, 2.75) is 25.3 Å². The van der Waals surface area contributed by atoms with Gasteiger partial charge in [0.2, 0.25) is 0 Å². The maximum atomic E-state index is 12.4. The topological polar surface area (TPSA) is 66.8 Å². The molecule has 2 aliphatic rings. The molecule has 0 bridgehead atoms. The monoisotopic (exact) mass is 261 g/mol. The van der Waals surface area contributed by atoms with Crippen LogP contribution in [0.1, 0.15) is 28.8 Å². The Kier molecular flexibility index (Phi) is 2.89. The number of amides is 1. The zero-order valence-corrected chi connectivity index (χ0v) is 10.5. The van der Waals surface area contributed by atoms with Crippen molar-refractivity contribution < 1.29 is 19.4 Å². The SMILES string of the molecule is O=C(O)C1CCCN1C(=O)c1ccc2c(c1)CCO2. The van der Waals surface area contributed by atoms with Crippen LogP contribution in [0.5, 0.6) is 5.75 Å². The van der Waals surface area contributed by atoms with Crippen molar-refractivity contribution in [2.75, 3.05) is 13.2 Å². The predicted molar refractivity (Wildman–Crippen MR) is 67.3 cm³/mol. The Balaban J connectivity index is 1.85. The van der Waals surface area contributed by atoms with E-state index in [9.17, 15) is 9.59 Å². The minimum atomic E-state index is -0.921. The first-order valence-electron chi connectivity index (χ1n) is 6.46. The summed E-state index contributed by atoms with van der Waals surface area (Å²) in [6, 6.07) is 4.64. The molecule has 1 aromatic rings. The summed E-state index contributed by atoms with van der Waals surface area (Å²) in [5.74, 6) is -0.289. The molecule has 2 aliphatic heterocycles. The Bertz CT molecular complexity index is 540. The molecule has 3 rings (SSSR count). The van der Waals surface area contributed by atoms with Gasteiger partial charge in [0.05, 0.1) is 6.61 Å². The Morgan fingerprint density at radius 3 is 3.00 bits per heavy atom. The third-order valence-electron chi connectivity index (χ3n) is 3.74. The van der Waals surface area contributed by atoms with E-state index in [4.69, 9.17) is 9.84 Å². The highest BCUT2D eigenvalue weighted by Gasteiger charge is 2.34. The molecule has 1 amide bonds. The lowest BCUT2D eigenvalue weighted by molar-refractivity contribution is -0.141. The number of aliphatic carboxylic acids is 1. The number of ether oxygens (including phenoxy) is 1. The van der Waals surface area contributed by atoms with Crippen LogP contribution in [0.4, 0.5) is 0 Å². The van der Waals surface area contributed by atoms with Crippen molar-refractivity contribution in [1.82, 2.24) is 4.90 Å². The standard InChI is InChI=1S/C14H15NO4/c16-13(15-6-1-2-11(15)14(17)18)10-3-4-12-9(8-10)5-7-19-12/h3-4,8,11H,1-2,5-7H2,(H,17,18). The summed E-state index contributed by atoms with van der Waals surface area (Å²) in [6.45, 7) is 1.16. The fraction of sp³-hybridized carbons (Fsp3) is 0.429. The molecule has 1 saturated heterocycles. The molecule has 5 nitrogen and oxygen atoms in total. The molecule has 1 N–H and O–H groups in total. The van der Waals surface area contributed by atoms with E-state index < -0.39 is 12.0 Å². The molecule has 0 aromatic heterocycles. The zero-order chi connectivity index (χ0) is 13.4. The van der Waals surface area contributed by atoms with Crippen LogP contribution in [0.25, 0.3) is 0 Å². The lowest BCUT2D eigenvalue weighted by atomic mass is 10.1. The molecular formula is C14H15NO4. The molecule has 5 heteroatoms. The smallest absolute Gasteiger partial charge is 0.326 e. The Morgan fingerprint density at radius 2 is 2.21 bits per heavy atom. The van der Waals surface area contributed by atoms with Gasteiger partial charge in [-0.3, -0.25) is 4.79 Å². The molecule has 1 fully saturated rings.